The molecule has 1 unspecified atom stereocenters. The van der Waals surface area contributed by atoms with Gasteiger partial charge in [-0.15, -0.1) is 0 Å². The minimum Gasteiger partial charge on any atom is -0.292 e. The summed E-state index contributed by atoms with van der Waals surface area (Å²) in [4.78, 5) is 5.06. The third-order valence-corrected chi connectivity index (χ3v) is 12.9. The van der Waals surface area contributed by atoms with Crippen molar-refractivity contribution in [1.82, 2.24) is 9.38 Å². The summed E-state index contributed by atoms with van der Waals surface area (Å²) in [6.45, 7) is 11.1. The minimum absolute atomic E-state index is 0.152. The van der Waals surface area contributed by atoms with Gasteiger partial charge in [0, 0.05) is 16.2 Å². The lowest BCUT2D eigenvalue weighted by Crippen LogP contribution is -2.19. The highest BCUT2D eigenvalue weighted by molar-refractivity contribution is 7.77. The topological polar surface area (TPSA) is 17.3 Å². The summed E-state index contributed by atoms with van der Waals surface area (Å²) in [7, 11) is -0.759. The van der Waals surface area contributed by atoms with Crippen molar-refractivity contribution in [3.8, 4) is 22.3 Å². The van der Waals surface area contributed by atoms with Gasteiger partial charge in [-0.25, -0.2) is 4.98 Å². The molecule has 0 N–H and O–H groups in total. The van der Waals surface area contributed by atoms with Crippen molar-refractivity contribution < 1.29 is 0 Å². The van der Waals surface area contributed by atoms with E-state index >= 15 is 0 Å². The molecular weight excluding hydrogens is 624 g/mol. The molecule has 0 amide bonds. The van der Waals surface area contributed by atoms with Gasteiger partial charge >= 0.3 is 0 Å². The molecule has 3 heteroatoms. The van der Waals surface area contributed by atoms with E-state index in [1.807, 2.05) is 6.08 Å². The van der Waals surface area contributed by atoms with E-state index in [2.05, 4.69) is 183 Å². The van der Waals surface area contributed by atoms with Gasteiger partial charge < -0.3 is 0 Å². The molecule has 0 saturated carbocycles. The van der Waals surface area contributed by atoms with E-state index in [4.69, 9.17) is 4.98 Å². The van der Waals surface area contributed by atoms with Crippen molar-refractivity contribution in [3.63, 3.8) is 0 Å². The SMILES string of the molecule is C=C/C(=C\C=C/C)P(c1ccccc1)c1ccc2c(c1)C(C)(C)c1cc(-c3ccc4c(c3)c3ccccc3c3nc5ccccc5n43)ccc1-2. The molecule has 0 radical (unpaired) electrons. The molecule has 1 atom stereocenters. The number of nitrogens with zero attached hydrogens (tertiary/aromatic N) is 2. The first-order valence-electron chi connectivity index (χ1n) is 17.3. The molecule has 6 aromatic carbocycles. The van der Waals surface area contributed by atoms with Crippen LogP contribution in [0.25, 0.3) is 60.6 Å². The summed E-state index contributed by atoms with van der Waals surface area (Å²) in [5.41, 5.74) is 12.1. The molecule has 0 aliphatic heterocycles. The predicted molar refractivity (Wildman–Crippen MR) is 216 cm³/mol. The van der Waals surface area contributed by atoms with Crippen LogP contribution in [0.3, 0.4) is 0 Å². The summed E-state index contributed by atoms with van der Waals surface area (Å²) in [6.07, 6.45) is 8.46. The molecule has 0 saturated heterocycles. The van der Waals surface area contributed by atoms with Crippen LogP contribution in [-0.4, -0.2) is 9.38 Å². The molecule has 0 bridgehead atoms. The molecular formula is C47H37N2P. The quantitative estimate of drug-likeness (QED) is 0.0986. The van der Waals surface area contributed by atoms with E-state index in [1.165, 1.54) is 71.0 Å². The van der Waals surface area contributed by atoms with Crippen molar-refractivity contribution in [2.24, 2.45) is 0 Å². The molecule has 1 aliphatic carbocycles. The summed E-state index contributed by atoms with van der Waals surface area (Å²) in [5, 5.41) is 7.57. The zero-order chi connectivity index (χ0) is 34.0. The summed E-state index contributed by atoms with van der Waals surface area (Å²) in [5.74, 6) is 0. The standard InChI is InChI=1S/C47H37N2P/c1-5-7-15-33(6-2)50(34-16-9-8-10-17-34)35-24-26-38-37-25-22-32(29-41(37)47(3,4)42(38)30-35)31-23-27-44-40(28-31)36-18-11-12-19-39(36)46-48-43-20-13-14-21-45(43)49(44)46/h5-30H,2H2,1,3-4H3/b7-5-,33-15+. The van der Waals surface area contributed by atoms with Crippen LogP contribution in [0.2, 0.25) is 0 Å². The number of hydrogen-bond donors (Lipinski definition) is 0. The fraction of sp³-hybridized carbons (Fsp3) is 0.0851. The Hall–Kier alpha value is -5.56. The first-order chi connectivity index (χ1) is 24.5. The largest absolute Gasteiger partial charge is 0.292 e. The van der Waals surface area contributed by atoms with Gasteiger partial charge in [-0.2, -0.15) is 0 Å². The van der Waals surface area contributed by atoms with Gasteiger partial charge in [-0.05, 0) is 106 Å². The van der Waals surface area contributed by atoms with Crippen LogP contribution >= 0.6 is 7.92 Å². The Morgan fingerprint density at radius 3 is 2.14 bits per heavy atom. The molecule has 8 aromatic rings. The Bertz CT molecular complexity index is 2710. The van der Waals surface area contributed by atoms with Crippen molar-refractivity contribution >= 4 is 56.9 Å². The second-order valence-electron chi connectivity index (χ2n) is 13.6. The van der Waals surface area contributed by atoms with E-state index in [1.54, 1.807) is 0 Å². The number of rotatable bonds is 6. The number of allylic oxidation sites excluding steroid dienone is 5. The van der Waals surface area contributed by atoms with Crippen molar-refractivity contribution in [2.45, 2.75) is 26.2 Å². The van der Waals surface area contributed by atoms with E-state index in [9.17, 15) is 0 Å². The zero-order valence-electron chi connectivity index (χ0n) is 28.6. The maximum absolute atomic E-state index is 5.06. The number of fused-ring (bicyclic) bond motifs is 11. The molecule has 240 valence electrons. The minimum atomic E-state index is -0.759. The van der Waals surface area contributed by atoms with Crippen LogP contribution in [0, 0.1) is 0 Å². The molecule has 2 aromatic heterocycles. The van der Waals surface area contributed by atoms with Crippen molar-refractivity contribution in [1.29, 1.82) is 0 Å². The molecule has 0 spiro atoms. The van der Waals surface area contributed by atoms with Gasteiger partial charge in [0.2, 0.25) is 0 Å². The van der Waals surface area contributed by atoms with Gasteiger partial charge in [0.1, 0.15) is 5.65 Å². The van der Waals surface area contributed by atoms with Crippen LogP contribution in [0.1, 0.15) is 31.9 Å². The third kappa shape index (κ3) is 4.63. The highest BCUT2D eigenvalue weighted by Gasteiger charge is 2.36. The molecule has 50 heavy (non-hydrogen) atoms. The Morgan fingerprint density at radius 2 is 1.34 bits per heavy atom. The Balaban J connectivity index is 1.17. The van der Waals surface area contributed by atoms with E-state index in [-0.39, 0.29) is 5.41 Å². The molecule has 2 nitrogen and oxygen atoms in total. The van der Waals surface area contributed by atoms with Gasteiger partial charge in [-0.1, -0.05) is 142 Å². The van der Waals surface area contributed by atoms with Gasteiger partial charge in [-0.3, -0.25) is 4.40 Å². The molecule has 9 rings (SSSR count). The van der Waals surface area contributed by atoms with Crippen LogP contribution in [0.15, 0.2) is 170 Å². The monoisotopic (exact) mass is 660 g/mol. The summed E-state index contributed by atoms with van der Waals surface area (Å²) in [6, 6.07) is 49.2. The van der Waals surface area contributed by atoms with Crippen molar-refractivity contribution in [2.75, 3.05) is 0 Å². The first-order valence-corrected chi connectivity index (χ1v) is 18.6. The lowest BCUT2D eigenvalue weighted by atomic mass is 9.81. The lowest BCUT2D eigenvalue weighted by Gasteiger charge is -2.25. The lowest BCUT2D eigenvalue weighted by molar-refractivity contribution is 0.661. The Labute approximate surface area is 294 Å². The van der Waals surface area contributed by atoms with Gasteiger partial charge in [0.15, 0.2) is 0 Å². The summed E-state index contributed by atoms with van der Waals surface area (Å²) >= 11 is 0. The van der Waals surface area contributed by atoms with Crippen LogP contribution in [0.4, 0.5) is 0 Å². The number of imidazole rings is 1. The number of benzene rings is 6. The van der Waals surface area contributed by atoms with E-state index in [0.29, 0.717) is 0 Å². The maximum atomic E-state index is 5.06. The van der Waals surface area contributed by atoms with E-state index < -0.39 is 7.92 Å². The number of para-hydroxylation sites is 2. The second kappa shape index (κ2) is 11.8. The second-order valence-corrected chi connectivity index (χ2v) is 15.9. The van der Waals surface area contributed by atoms with Crippen LogP contribution in [-0.2, 0) is 5.41 Å². The maximum Gasteiger partial charge on any atom is 0.146 e. The van der Waals surface area contributed by atoms with Crippen molar-refractivity contribution in [3.05, 3.63) is 181 Å². The van der Waals surface area contributed by atoms with E-state index in [0.717, 1.165) is 16.7 Å². The van der Waals surface area contributed by atoms with Crippen LogP contribution in [0.5, 0.6) is 0 Å². The fourth-order valence-corrected chi connectivity index (χ4v) is 10.3. The fourth-order valence-electron chi connectivity index (χ4n) is 7.99. The normalized spacial score (nSPS) is 14.5. The number of aromatic nitrogens is 2. The average molecular weight is 661 g/mol. The Kier molecular flexibility index (Phi) is 7.19. The molecule has 0 fully saturated rings. The molecule has 2 heterocycles. The number of hydrogen-bond acceptors (Lipinski definition) is 1. The van der Waals surface area contributed by atoms with Crippen LogP contribution < -0.4 is 10.6 Å². The first kappa shape index (κ1) is 30.5. The number of pyridine rings is 1. The third-order valence-electron chi connectivity index (χ3n) is 10.4. The highest BCUT2D eigenvalue weighted by Crippen LogP contribution is 2.52. The average Bonchev–Trinajstić information content (AvgIpc) is 3.66. The highest BCUT2D eigenvalue weighted by atomic mass is 31.1. The predicted octanol–water partition coefficient (Wildman–Crippen LogP) is 11.8. The zero-order valence-corrected chi connectivity index (χ0v) is 29.5. The van der Waals surface area contributed by atoms with Gasteiger partial charge in [0.25, 0.3) is 0 Å². The molecule has 1 aliphatic rings. The summed E-state index contributed by atoms with van der Waals surface area (Å²) < 4.78 is 2.33. The van der Waals surface area contributed by atoms with Gasteiger partial charge in [0.05, 0.1) is 16.6 Å². The Morgan fingerprint density at radius 1 is 0.660 bits per heavy atom. The smallest absolute Gasteiger partial charge is 0.146 e.